The second kappa shape index (κ2) is 16.6. The molecule has 2 aromatic rings. The number of carbonyl (C=O) groups excluding carboxylic acids is 3. The van der Waals surface area contributed by atoms with E-state index < -0.39 is 37.0 Å². The summed E-state index contributed by atoms with van der Waals surface area (Å²) in [5, 5.41) is 16.5. The minimum atomic E-state index is -3.10. The maximum Gasteiger partial charge on any atom is 0.320 e. The van der Waals surface area contributed by atoms with Crippen LogP contribution >= 0.6 is 19.1 Å². The van der Waals surface area contributed by atoms with Gasteiger partial charge in [0.15, 0.2) is 19.8 Å². The Morgan fingerprint density at radius 2 is 1.73 bits per heavy atom. The monoisotopic (exact) mass is 749 g/mol. The van der Waals surface area contributed by atoms with Crippen molar-refractivity contribution in [2.24, 2.45) is 5.73 Å². The number of rotatable bonds is 7. The highest BCUT2D eigenvalue weighted by atomic mass is 32.2. The summed E-state index contributed by atoms with van der Waals surface area (Å²) in [6.07, 6.45) is 9.81. The van der Waals surface area contributed by atoms with Crippen LogP contribution in [0.2, 0.25) is 0 Å². The Morgan fingerprint density at radius 1 is 1.14 bits per heavy atom. The summed E-state index contributed by atoms with van der Waals surface area (Å²) in [4.78, 5) is 70.1. The number of carboxylic acid groups (broad SMARTS) is 1. The molecule has 1 aromatic carbocycles. The number of halogens is 1. The van der Waals surface area contributed by atoms with Gasteiger partial charge in [-0.25, -0.2) is 9.29 Å². The molecule has 2 atom stereocenters. The van der Waals surface area contributed by atoms with Gasteiger partial charge in [0.25, 0.3) is 23.3 Å². The molecule has 3 amide bonds. The van der Waals surface area contributed by atoms with Gasteiger partial charge in [0.1, 0.15) is 17.5 Å². The summed E-state index contributed by atoms with van der Waals surface area (Å²) in [5.41, 5.74) is 5.86. The number of hydrogen-bond acceptors (Lipinski definition) is 12. The van der Waals surface area contributed by atoms with Gasteiger partial charge in [-0.1, -0.05) is 38.5 Å². The largest absolute Gasteiger partial charge is 0.481 e. The number of terminal acetylenes is 1. The van der Waals surface area contributed by atoms with Crippen molar-refractivity contribution < 1.29 is 42.9 Å². The zero-order valence-corrected chi connectivity index (χ0v) is 30.6. The lowest BCUT2D eigenvalue weighted by atomic mass is 9.93. The van der Waals surface area contributed by atoms with Crippen LogP contribution < -0.4 is 31.7 Å². The molecule has 2 unspecified atom stereocenters. The van der Waals surface area contributed by atoms with Gasteiger partial charge in [0.05, 0.1) is 17.9 Å². The van der Waals surface area contributed by atoms with Gasteiger partial charge in [-0.15, -0.1) is 16.6 Å². The summed E-state index contributed by atoms with van der Waals surface area (Å²) >= 11 is 1.29. The van der Waals surface area contributed by atoms with Crippen LogP contribution in [0.1, 0.15) is 58.6 Å². The highest BCUT2D eigenvalue weighted by molar-refractivity contribution is 7.98. The second-order valence-electron chi connectivity index (χ2n) is 12.8. The van der Waals surface area contributed by atoms with E-state index in [4.69, 9.17) is 32.7 Å². The third-order valence-electron chi connectivity index (χ3n) is 7.78. The first-order chi connectivity index (χ1) is 23.7. The lowest BCUT2D eigenvalue weighted by Crippen LogP contribution is -2.39. The first-order valence-electron chi connectivity index (χ1n) is 15.6. The number of aliphatic carboxylic acids is 1. The highest BCUT2D eigenvalue weighted by Gasteiger charge is 2.41. The number of imide groups is 1. The Bertz CT molecular complexity index is 1870. The topological polar surface area (TPSA) is 241 Å². The van der Waals surface area contributed by atoms with Gasteiger partial charge in [0.2, 0.25) is 5.16 Å². The third kappa shape index (κ3) is 9.82. The van der Waals surface area contributed by atoms with E-state index in [0.29, 0.717) is 34.8 Å². The van der Waals surface area contributed by atoms with E-state index in [1.54, 1.807) is 6.26 Å². The maximum absolute atomic E-state index is 14.7. The molecule has 0 spiro atoms. The molecule has 5 rings (SSSR count). The van der Waals surface area contributed by atoms with Crippen LogP contribution in [0.3, 0.4) is 0 Å². The summed E-state index contributed by atoms with van der Waals surface area (Å²) in [7, 11) is -3.10. The van der Waals surface area contributed by atoms with Crippen LogP contribution in [0.4, 0.5) is 15.8 Å². The molecule has 1 aromatic heterocycles. The van der Waals surface area contributed by atoms with Gasteiger partial charge in [-0.3, -0.25) is 33.4 Å². The number of nitrogens with two attached hydrogens (primary N) is 2. The zero-order chi connectivity index (χ0) is 38.4. The molecular weight excluding hydrogens is 708 g/mol. The average Bonchev–Trinajstić information content (AvgIpc) is 3.31. The molecule has 0 saturated heterocycles. The lowest BCUT2D eigenvalue weighted by molar-refractivity contribution is -0.138. The van der Waals surface area contributed by atoms with Crippen molar-refractivity contribution in [3.8, 4) is 18.1 Å². The molecule has 276 valence electrons. The van der Waals surface area contributed by atoms with E-state index in [9.17, 15) is 32.9 Å². The number of nitrogen functional groups attached to an aromatic ring is 1. The van der Waals surface area contributed by atoms with Crippen molar-refractivity contribution in [1.29, 1.82) is 0 Å². The smallest absolute Gasteiger partial charge is 0.320 e. The molecular formula is C32H41FN7O9PS. The van der Waals surface area contributed by atoms with E-state index in [1.165, 1.54) is 29.4 Å². The fraction of sp³-hybridized carbons (Fsp3) is 0.469. The Morgan fingerprint density at radius 3 is 2.22 bits per heavy atom. The van der Waals surface area contributed by atoms with E-state index in [0.717, 1.165) is 28.5 Å². The molecule has 3 aliphatic rings. The zero-order valence-electron chi connectivity index (χ0n) is 28.8. The van der Waals surface area contributed by atoms with Crippen molar-refractivity contribution in [2.45, 2.75) is 69.5 Å². The predicted octanol–water partition coefficient (Wildman–Crippen LogP) is 1.99. The number of anilines is 2. The van der Waals surface area contributed by atoms with Crippen LogP contribution in [-0.4, -0.2) is 86.8 Å². The Labute approximate surface area is 297 Å². The standard InChI is InChI=1S/C19H15FN2O4.C8H14N4OS.C5H12NO4P/c1-2-7-21-15-9-14(13(20)8-16(15)26-10-17(21)23)22-18(24)11-5-3-4-6-12(11)19(22)25;1-8(2,3)5-6(13)12(9)7(14-4)11-10-5;1-11(9,10)3-2-4(6)5(7)8/h1,8-9H,3-7,10H2;9H2,1-4H3;4H,2-3,6H2,1H3,(H,7,8)(H,9,10). The Hall–Kier alpha value is -4.56. The summed E-state index contributed by atoms with van der Waals surface area (Å²) in [6, 6.07) is 1.33. The summed E-state index contributed by atoms with van der Waals surface area (Å²) in [5.74, 6) is 4.84. The molecule has 0 saturated carbocycles. The molecule has 51 heavy (non-hydrogen) atoms. The number of nitrogens with zero attached hydrogens (tertiary/aromatic N) is 5. The molecule has 0 radical (unpaired) electrons. The number of benzene rings is 1. The van der Waals surface area contributed by atoms with Crippen molar-refractivity contribution in [3.63, 3.8) is 0 Å². The summed E-state index contributed by atoms with van der Waals surface area (Å²) < 4.78 is 31.6. The fourth-order valence-electron chi connectivity index (χ4n) is 5.10. The number of fused-ring (bicyclic) bond motifs is 1. The number of aromatic nitrogens is 3. The Balaban J connectivity index is 0.000000237. The van der Waals surface area contributed by atoms with E-state index >= 15 is 0 Å². The quantitative estimate of drug-likeness (QED) is 0.104. The SMILES string of the molecule is C#CCN1C(=O)COc2cc(F)c(N3C(=O)C4=C(CCCC4)C3=O)cc21.CP(=O)(O)CCC(N)C(=O)O.CSc1nnc(C(C)(C)C)c(=O)n1N. The number of hydrogen-bond donors (Lipinski definition) is 4. The van der Waals surface area contributed by atoms with Gasteiger partial charge < -0.3 is 26.3 Å². The summed E-state index contributed by atoms with van der Waals surface area (Å²) in [6.45, 7) is 6.62. The molecule has 19 heteroatoms. The fourth-order valence-corrected chi connectivity index (χ4v) is 6.26. The van der Waals surface area contributed by atoms with Crippen molar-refractivity contribution in [3.05, 3.63) is 45.1 Å². The van der Waals surface area contributed by atoms with E-state index in [1.807, 2.05) is 20.8 Å². The van der Waals surface area contributed by atoms with Crippen LogP contribution in [-0.2, 0) is 29.2 Å². The van der Waals surface area contributed by atoms with Crippen LogP contribution in [0.25, 0.3) is 0 Å². The molecule has 6 N–H and O–H groups in total. The predicted molar refractivity (Wildman–Crippen MR) is 189 cm³/mol. The minimum absolute atomic E-state index is 0.0170. The maximum atomic E-state index is 14.7. The average molecular weight is 750 g/mol. The molecule has 1 aliphatic carbocycles. The molecule has 0 fully saturated rings. The third-order valence-corrected chi connectivity index (χ3v) is 9.51. The number of amides is 3. The van der Waals surface area contributed by atoms with Crippen LogP contribution in [0, 0.1) is 18.2 Å². The van der Waals surface area contributed by atoms with Gasteiger partial charge in [-0.2, -0.15) is 4.68 Å². The number of carbonyl (C=O) groups is 4. The van der Waals surface area contributed by atoms with Gasteiger partial charge >= 0.3 is 5.97 Å². The van der Waals surface area contributed by atoms with Crippen LogP contribution in [0.15, 0.2) is 33.2 Å². The minimum Gasteiger partial charge on any atom is -0.481 e. The lowest BCUT2D eigenvalue weighted by Gasteiger charge is -2.29. The van der Waals surface area contributed by atoms with Gasteiger partial charge in [-0.05, 0) is 44.4 Å². The number of ether oxygens (including phenoxy) is 1. The molecule has 3 heterocycles. The molecule has 2 aliphatic heterocycles. The Kier molecular flexibility index (Phi) is 13.3. The normalized spacial score (nSPS) is 17.1. The van der Waals surface area contributed by atoms with Crippen molar-refractivity contribution in [1.82, 2.24) is 14.9 Å². The van der Waals surface area contributed by atoms with Crippen molar-refractivity contribution >= 4 is 54.2 Å². The number of thioether (sulfide) groups is 1. The first kappa shape index (κ1) is 40.9. The van der Waals surface area contributed by atoms with E-state index in [-0.39, 0.29) is 59.7 Å². The molecule has 0 bridgehead atoms. The highest BCUT2D eigenvalue weighted by Crippen LogP contribution is 2.42. The van der Waals surface area contributed by atoms with E-state index in [2.05, 4.69) is 16.1 Å². The first-order valence-corrected chi connectivity index (χ1v) is 19.1. The molecule has 16 nitrogen and oxygen atoms in total. The second-order valence-corrected chi connectivity index (χ2v) is 16.1. The van der Waals surface area contributed by atoms with Crippen LogP contribution in [0.5, 0.6) is 5.75 Å². The van der Waals surface area contributed by atoms with Gasteiger partial charge in [0, 0.05) is 35.5 Å². The number of carboxylic acids is 1. The van der Waals surface area contributed by atoms with Crippen molar-refractivity contribution in [2.75, 3.05) is 47.9 Å².